The number of hydrogen-bond donors (Lipinski definition) is 2. The Labute approximate surface area is 128 Å². The summed E-state index contributed by atoms with van der Waals surface area (Å²) in [5.41, 5.74) is 0. The lowest BCUT2D eigenvalue weighted by atomic mass is 10.2. The molecule has 0 radical (unpaired) electrons. The van der Waals surface area contributed by atoms with E-state index in [1.807, 2.05) is 23.9 Å². The molecule has 0 aliphatic rings. The topological polar surface area (TPSA) is 51.0 Å². The summed E-state index contributed by atoms with van der Waals surface area (Å²) in [4.78, 5) is 0. The second kappa shape index (κ2) is 10.1. The van der Waals surface area contributed by atoms with Crippen molar-refractivity contribution < 1.29 is 15.3 Å². The summed E-state index contributed by atoms with van der Waals surface area (Å²) < 4.78 is 4.26. The summed E-state index contributed by atoms with van der Waals surface area (Å²) in [6.45, 7) is 8.13. The van der Waals surface area contributed by atoms with Gasteiger partial charge in [-0.05, 0) is 37.7 Å². The Bertz CT molecular complexity index is 459. The van der Waals surface area contributed by atoms with Gasteiger partial charge >= 0.3 is 5.82 Å². The molecule has 4 nitrogen and oxygen atoms in total. The van der Waals surface area contributed by atoms with Crippen LogP contribution in [-0.2, 0) is 13.6 Å². The highest BCUT2D eigenvalue weighted by Gasteiger charge is 2.12. The van der Waals surface area contributed by atoms with Gasteiger partial charge in [-0.15, -0.1) is 6.58 Å². The largest absolute Gasteiger partial charge is 0.345 e. The zero-order valence-electron chi connectivity index (χ0n) is 13.5. The van der Waals surface area contributed by atoms with Gasteiger partial charge in [0.25, 0.3) is 6.21 Å². The summed E-state index contributed by atoms with van der Waals surface area (Å²) in [5.74, 6) is 1.54. The minimum Gasteiger partial charge on any atom is -0.320 e. The third-order valence-electron chi connectivity index (χ3n) is 3.72. The van der Waals surface area contributed by atoms with Crippen molar-refractivity contribution in [3.8, 4) is 0 Å². The van der Waals surface area contributed by atoms with Crippen LogP contribution in [0.4, 0.5) is 0 Å². The van der Waals surface area contributed by atoms with Crippen LogP contribution < -0.4 is 15.3 Å². The van der Waals surface area contributed by atoms with E-state index in [1.165, 1.54) is 32.2 Å². The number of nitrogens with two attached hydrogens (primary N) is 2. The number of unbranched alkanes of at least 4 members (excludes halogenated alkanes) is 3. The predicted octanol–water partition coefficient (Wildman–Crippen LogP) is -0.0498. The van der Waals surface area contributed by atoms with Gasteiger partial charge in [0.1, 0.15) is 12.4 Å². The van der Waals surface area contributed by atoms with E-state index in [0.29, 0.717) is 5.92 Å². The lowest BCUT2D eigenvalue weighted by Crippen LogP contribution is -2.78. The predicted molar refractivity (Wildman–Crippen MR) is 86.5 cm³/mol. The number of aryl methyl sites for hydroxylation is 2. The van der Waals surface area contributed by atoms with E-state index in [-0.39, 0.29) is 0 Å². The van der Waals surface area contributed by atoms with E-state index < -0.39 is 0 Å². The average molecular weight is 291 g/mol. The molecule has 0 spiro atoms. The highest BCUT2D eigenvalue weighted by Crippen LogP contribution is 2.02. The lowest BCUT2D eigenvalue weighted by Gasteiger charge is -2.00. The van der Waals surface area contributed by atoms with Crippen molar-refractivity contribution in [3.63, 3.8) is 0 Å². The van der Waals surface area contributed by atoms with Gasteiger partial charge in [0.2, 0.25) is 0 Å². The molecule has 1 rings (SSSR count). The minimum absolute atomic E-state index is 0.470. The monoisotopic (exact) mass is 291 g/mol. The number of rotatable bonds is 11. The van der Waals surface area contributed by atoms with Crippen molar-refractivity contribution in [3.05, 3.63) is 43.1 Å². The van der Waals surface area contributed by atoms with Crippen LogP contribution in [0.5, 0.6) is 0 Å². The molecule has 0 saturated carbocycles. The van der Waals surface area contributed by atoms with E-state index in [1.54, 1.807) is 6.21 Å². The summed E-state index contributed by atoms with van der Waals surface area (Å²) in [6.07, 6.45) is 17.1. The van der Waals surface area contributed by atoms with Gasteiger partial charge < -0.3 is 5.32 Å². The number of allylic oxidation sites excluding steroid dienone is 2. The molecule has 0 fully saturated rings. The van der Waals surface area contributed by atoms with E-state index in [9.17, 15) is 0 Å². The second-order valence-corrected chi connectivity index (χ2v) is 5.55. The van der Waals surface area contributed by atoms with Crippen molar-refractivity contribution in [2.75, 3.05) is 6.54 Å². The summed E-state index contributed by atoms with van der Waals surface area (Å²) in [5, 5.41) is 7.90. The lowest BCUT2D eigenvalue weighted by molar-refractivity contribution is -0.672. The highest BCUT2D eigenvalue weighted by atomic mass is 15.1. The molecular weight excluding hydrogens is 260 g/mol. The van der Waals surface area contributed by atoms with E-state index in [0.717, 1.165) is 12.4 Å². The van der Waals surface area contributed by atoms with Crippen LogP contribution in [0.3, 0.4) is 0 Å². The molecule has 4 N–H and O–H groups in total. The van der Waals surface area contributed by atoms with Crippen molar-refractivity contribution >= 4 is 6.21 Å². The Morgan fingerprint density at radius 3 is 2.86 bits per heavy atom. The van der Waals surface area contributed by atoms with Crippen molar-refractivity contribution in [2.45, 2.75) is 39.2 Å². The molecule has 1 aromatic rings. The van der Waals surface area contributed by atoms with Gasteiger partial charge in [-0.25, -0.2) is 9.13 Å². The molecular formula is C17H31N4+3. The maximum absolute atomic E-state index is 5.64. The average Bonchev–Trinajstić information content (AvgIpc) is 2.85. The number of aromatic nitrogens is 2. The van der Waals surface area contributed by atoms with E-state index in [2.05, 4.69) is 41.9 Å². The molecule has 4 heteroatoms. The molecule has 0 saturated heterocycles. The van der Waals surface area contributed by atoms with Gasteiger partial charge in [0.15, 0.2) is 0 Å². The van der Waals surface area contributed by atoms with E-state index in [4.69, 9.17) is 5.41 Å². The van der Waals surface area contributed by atoms with Crippen molar-refractivity contribution in [1.29, 1.82) is 0 Å². The first-order valence-corrected chi connectivity index (χ1v) is 7.91. The molecule has 1 atom stereocenters. The third-order valence-corrected chi connectivity index (χ3v) is 3.72. The molecule has 1 aromatic heterocycles. The molecule has 1 unspecified atom stereocenters. The second-order valence-electron chi connectivity index (χ2n) is 5.55. The smallest absolute Gasteiger partial charge is 0.320 e. The van der Waals surface area contributed by atoms with Crippen molar-refractivity contribution in [2.24, 2.45) is 13.0 Å². The molecule has 0 aliphatic heterocycles. The van der Waals surface area contributed by atoms with Gasteiger partial charge in [0.05, 0.1) is 26.3 Å². The molecule has 0 aromatic carbocycles. The fourth-order valence-electron chi connectivity index (χ4n) is 2.26. The summed E-state index contributed by atoms with van der Waals surface area (Å²) >= 11 is 0. The van der Waals surface area contributed by atoms with Crippen LogP contribution in [0.15, 0.2) is 37.3 Å². The first-order valence-electron chi connectivity index (χ1n) is 7.91. The van der Waals surface area contributed by atoms with Crippen LogP contribution in [0.25, 0.3) is 0 Å². The number of nitrogens with zero attached hydrogens (tertiary/aromatic N) is 2. The molecule has 0 amide bonds. The standard InChI is InChI=1S/C17H29N4/c1-4-16(2)9-11-19-10-7-5-6-8-12-21-14-13-20(3)17(21)15-18/h4,9,11,13-16,18-19H,1,5-8,10,12H2,2-3H3/q+1/p+2. The molecule has 1 heterocycles. The van der Waals surface area contributed by atoms with Gasteiger partial charge in [-0.2, -0.15) is 0 Å². The number of hydrogen-bond acceptors (Lipinski definition) is 0. The Morgan fingerprint density at radius 1 is 1.38 bits per heavy atom. The molecule has 0 bridgehead atoms. The Balaban J connectivity index is 2.06. The van der Waals surface area contributed by atoms with Gasteiger partial charge in [-0.3, -0.25) is 5.41 Å². The van der Waals surface area contributed by atoms with Crippen LogP contribution in [0.1, 0.15) is 38.4 Å². The number of imidazole rings is 1. The van der Waals surface area contributed by atoms with E-state index >= 15 is 0 Å². The van der Waals surface area contributed by atoms with Crippen LogP contribution in [-0.4, -0.2) is 17.3 Å². The molecule has 21 heavy (non-hydrogen) atoms. The van der Waals surface area contributed by atoms with Crippen LogP contribution in [0.2, 0.25) is 0 Å². The maximum Gasteiger partial charge on any atom is 0.345 e. The quantitative estimate of drug-likeness (QED) is 0.249. The Kier molecular flexibility index (Phi) is 8.36. The summed E-state index contributed by atoms with van der Waals surface area (Å²) in [7, 11) is 2.02. The molecule has 0 aliphatic carbocycles. The fourth-order valence-corrected chi connectivity index (χ4v) is 2.26. The van der Waals surface area contributed by atoms with Crippen molar-refractivity contribution in [1.82, 2.24) is 4.57 Å². The Morgan fingerprint density at radius 2 is 2.14 bits per heavy atom. The number of quaternary nitrogens is 1. The zero-order valence-corrected chi connectivity index (χ0v) is 13.5. The maximum atomic E-state index is 5.64. The third kappa shape index (κ3) is 6.54. The normalized spacial score (nSPS) is 12.7. The first kappa shape index (κ1) is 17.4. The minimum atomic E-state index is 0.470. The highest BCUT2D eigenvalue weighted by molar-refractivity contribution is 5.66. The molecule has 116 valence electrons. The van der Waals surface area contributed by atoms with Gasteiger partial charge in [0, 0.05) is 0 Å². The zero-order chi connectivity index (χ0) is 15.5. The van der Waals surface area contributed by atoms with Crippen LogP contribution in [0, 0.1) is 5.92 Å². The SMILES string of the molecule is C=CC(C)C=C[NH2+]CCCCCCn1cc[n+](C)c1C=[NH2+]. The first-order chi connectivity index (χ1) is 10.2. The Hall–Kier alpha value is -1.68. The summed E-state index contributed by atoms with van der Waals surface area (Å²) in [6, 6.07) is 0. The fraction of sp³-hybridized carbons (Fsp3) is 0.529. The van der Waals surface area contributed by atoms with Gasteiger partial charge in [-0.1, -0.05) is 13.0 Å². The van der Waals surface area contributed by atoms with Crippen LogP contribution >= 0.6 is 0 Å².